The first-order chi connectivity index (χ1) is 11.9. The zero-order chi connectivity index (χ0) is 18.0. The highest BCUT2D eigenvalue weighted by atomic mass is 16.2. The number of nitrogens with one attached hydrogen (secondary N) is 1. The Morgan fingerprint density at radius 2 is 1.88 bits per heavy atom. The highest BCUT2D eigenvalue weighted by Gasteiger charge is 2.54. The lowest BCUT2D eigenvalue weighted by Crippen LogP contribution is -2.63. The average Bonchev–Trinajstić information content (AvgIpc) is 2.88. The van der Waals surface area contributed by atoms with Crippen LogP contribution >= 0.6 is 0 Å². The second kappa shape index (κ2) is 7.16. The summed E-state index contributed by atoms with van der Waals surface area (Å²) in [6.07, 6.45) is 0.626. The van der Waals surface area contributed by atoms with Gasteiger partial charge >= 0.3 is 0 Å². The number of hydrogen-bond acceptors (Lipinski definition) is 3. The van der Waals surface area contributed by atoms with E-state index in [4.69, 9.17) is 0 Å². The van der Waals surface area contributed by atoms with Crippen molar-refractivity contribution in [2.24, 2.45) is 17.3 Å². The molecule has 0 aliphatic carbocycles. The predicted molar refractivity (Wildman–Crippen MR) is 98.2 cm³/mol. The van der Waals surface area contributed by atoms with Gasteiger partial charge < -0.3 is 15.1 Å². The molecule has 25 heavy (non-hydrogen) atoms. The molecule has 1 unspecified atom stereocenters. The van der Waals surface area contributed by atoms with Gasteiger partial charge in [-0.25, -0.2) is 0 Å². The fraction of sp³-hybridized carbons (Fsp3) is 0.600. The molecule has 5 heteroatoms. The van der Waals surface area contributed by atoms with Crippen molar-refractivity contribution in [3.63, 3.8) is 0 Å². The smallest absolute Gasteiger partial charge is 0.251 e. The summed E-state index contributed by atoms with van der Waals surface area (Å²) in [5, 5.41) is 3.09. The van der Waals surface area contributed by atoms with Gasteiger partial charge in [-0.2, -0.15) is 0 Å². The molecule has 5 nitrogen and oxygen atoms in total. The van der Waals surface area contributed by atoms with Crippen molar-refractivity contribution in [2.45, 2.75) is 20.3 Å². The van der Waals surface area contributed by atoms with Gasteiger partial charge in [-0.1, -0.05) is 32.0 Å². The summed E-state index contributed by atoms with van der Waals surface area (Å²) in [7, 11) is 2.12. The van der Waals surface area contributed by atoms with Gasteiger partial charge in [0.25, 0.3) is 5.91 Å². The van der Waals surface area contributed by atoms with Crippen LogP contribution in [0.3, 0.4) is 0 Å². The molecular formula is C20H29N3O2. The maximum Gasteiger partial charge on any atom is 0.251 e. The van der Waals surface area contributed by atoms with Crippen LogP contribution in [0.25, 0.3) is 0 Å². The predicted octanol–water partition coefficient (Wildman–Crippen LogP) is 1.85. The molecule has 1 aromatic carbocycles. The Morgan fingerprint density at radius 3 is 2.52 bits per heavy atom. The summed E-state index contributed by atoms with van der Waals surface area (Å²) >= 11 is 0. The number of amides is 2. The maximum atomic E-state index is 12.3. The van der Waals surface area contributed by atoms with Crippen molar-refractivity contribution in [3.8, 4) is 0 Å². The minimum atomic E-state index is -0.0163. The van der Waals surface area contributed by atoms with Crippen LogP contribution in [-0.4, -0.2) is 61.4 Å². The van der Waals surface area contributed by atoms with Gasteiger partial charge in [0.1, 0.15) is 0 Å². The molecule has 0 saturated carbocycles. The highest BCUT2D eigenvalue weighted by molar-refractivity contribution is 5.94. The summed E-state index contributed by atoms with van der Waals surface area (Å²) < 4.78 is 0. The first-order valence-corrected chi connectivity index (χ1v) is 9.19. The van der Waals surface area contributed by atoms with Crippen LogP contribution in [0, 0.1) is 17.3 Å². The third kappa shape index (κ3) is 3.87. The molecule has 2 amide bonds. The van der Waals surface area contributed by atoms with Crippen LogP contribution in [0.1, 0.15) is 30.6 Å². The third-order valence-corrected chi connectivity index (χ3v) is 5.47. The summed E-state index contributed by atoms with van der Waals surface area (Å²) in [6.45, 7) is 8.47. The van der Waals surface area contributed by atoms with E-state index in [9.17, 15) is 9.59 Å². The van der Waals surface area contributed by atoms with Gasteiger partial charge in [-0.05, 0) is 31.0 Å². The van der Waals surface area contributed by atoms with E-state index in [2.05, 4.69) is 31.1 Å². The normalized spacial score (nSPS) is 22.2. The first-order valence-electron chi connectivity index (χ1n) is 9.19. The zero-order valence-corrected chi connectivity index (χ0v) is 15.5. The quantitative estimate of drug-likeness (QED) is 0.888. The lowest BCUT2D eigenvalue weighted by molar-refractivity contribution is -0.145. The van der Waals surface area contributed by atoms with E-state index in [0.29, 0.717) is 30.4 Å². The molecule has 1 aromatic rings. The summed E-state index contributed by atoms with van der Waals surface area (Å²) in [5.74, 6) is 1.05. The largest absolute Gasteiger partial charge is 0.352 e. The van der Waals surface area contributed by atoms with E-state index in [1.54, 1.807) is 0 Å². The number of benzene rings is 1. The van der Waals surface area contributed by atoms with Crippen LogP contribution in [0.4, 0.5) is 0 Å². The Morgan fingerprint density at radius 1 is 1.20 bits per heavy atom. The number of nitrogens with zero attached hydrogens (tertiary/aromatic N) is 2. The second-order valence-corrected chi connectivity index (χ2v) is 8.18. The van der Waals surface area contributed by atoms with Gasteiger partial charge in [-0.15, -0.1) is 0 Å². The average molecular weight is 343 g/mol. The van der Waals surface area contributed by atoms with Crippen molar-refractivity contribution in [2.75, 3.05) is 39.8 Å². The molecule has 0 aromatic heterocycles. The van der Waals surface area contributed by atoms with Crippen LogP contribution in [0.2, 0.25) is 0 Å². The lowest BCUT2D eigenvalue weighted by atomic mass is 9.71. The second-order valence-electron chi connectivity index (χ2n) is 8.18. The Kier molecular flexibility index (Phi) is 5.13. The van der Waals surface area contributed by atoms with Gasteiger partial charge in [0.2, 0.25) is 5.91 Å². The number of likely N-dealkylation sites (tertiary alicyclic amines) is 2. The van der Waals surface area contributed by atoms with Gasteiger partial charge in [0.15, 0.2) is 0 Å². The van der Waals surface area contributed by atoms with Gasteiger partial charge in [-0.3, -0.25) is 9.59 Å². The molecule has 2 fully saturated rings. The fourth-order valence-corrected chi connectivity index (χ4v) is 4.22. The van der Waals surface area contributed by atoms with Crippen molar-refractivity contribution >= 4 is 11.8 Å². The monoisotopic (exact) mass is 343 g/mol. The summed E-state index contributed by atoms with van der Waals surface area (Å²) in [5.41, 5.74) is 0.844. The zero-order valence-electron chi connectivity index (χ0n) is 15.5. The van der Waals surface area contributed by atoms with Crippen LogP contribution in [0.15, 0.2) is 30.3 Å². The van der Waals surface area contributed by atoms with E-state index in [-0.39, 0.29) is 17.2 Å². The molecule has 136 valence electrons. The molecule has 0 radical (unpaired) electrons. The Labute approximate surface area is 150 Å². The standard InChI is InChI=1S/C20H29N3O2/c1-15(2)9-18(24)23-13-20(14-23)12-22(3)11-17(20)10-21-19(25)16-7-5-4-6-8-16/h4-8,15,17H,9-14H2,1-3H3,(H,21,25). The van der Waals surface area contributed by atoms with Gasteiger partial charge in [0.05, 0.1) is 0 Å². The molecule has 1 atom stereocenters. The van der Waals surface area contributed by atoms with E-state index < -0.39 is 0 Å². The number of rotatable bonds is 5. The minimum absolute atomic E-state index is 0.0163. The fourth-order valence-electron chi connectivity index (χ4n) is 4.22. The Bertz CT molecular complexity index is 623. The minimum Gasteiger partial charge on any atom is -0.352 e. The Hall–Kier alpha value is -1.88. The van der Waals surface area contributed by atoms with Crippen molar-refractivity contribution in [3.05, 3.63) is 35.9 Å². The molecule has 1 spiro atoms. The highest BCUT2D eigenvalue weighted by Crippen LogP contribution is 2.43. The van der Waals surface area contributed by atoms with Gasteiger partial charge in [0, 0.05) is 50.1 Å². The van der Waals surface area contributed by atoms with E-state index in [1.807, 2.05) is 35.2 Å². The van der Waals surface area contributed by atoms with E-state index in [1.165, 1.54) is 0 Å². The third-order valence-electron chi connectivity index (χ3n) is 5.47. The van der Waals surface area contributed by atoms with Crippen LogP contribution < -0.4 is 5.32 Å². The summed E-state index contributed by atoms with van der Waals surface area (Å²) in [4.78, 5) is 28.9. The van der Waals surface area contributed by atoms with E-state index in [0.717, 1.165) is 26.2 Å². The van der Waals surface area contributed by atoms with Crippen molar-refractivity contribution in [1.29, 1.82) is 0 Å². The van der Waals surface area contributed by atoms with Crippen molar-refractivity contribution in [1.82, 2.24) is 15.1 Å². The number of carbonyl (C=O) groups is 2. The maximum absolute atomic E-state index is 12.3. The molecular weight excluding hydrogens is 314 g/mol. The molecule has 2 heterocycles. The first kappa shape index (κ1) is 17.9. The van der Waals surface area contributed by atoms with Crippen LogP contribution in [0.5, 0.6) is 0 Å². The lowest BCUT2D eigenvalue weighted by Gasteiger charge is -2.51. The van der Waals surface area contributed by atoms with Crippen LogP contribution in [-0.2, 0) is 4.79 Å². The number of carbonyl (C=O) groups excluding carboxylic acids is 2. The molecule has 0 bridgehead atoms. The summed E-state index contributed by atoms with van der Waals surface area (Å²) in [6, 6.07) is 9.34. The topological polar surface area (TPSA) is 52.7 Å². The SMILES string of the molecule is CC(C)CC(=O)N1CC2(CN(C)CC2CNC(=O)c2ccccc2)C1. The molecule has 1 N–H and O–H groups in total. The molecule has 3 rings (SSSR count). The Balaban J connectivity index is 1.56. The number of hydrogen-bond donors (Lipinski definition) is 1. The van der Waals surface area contributed by atoms with E-state index >= 15 is 0 Å². The molecule has 2 aliphatic heterocycles. The molecule has 2 aliphatic rings. The van der Waals surface area contributed by atoms with Crippen molar-refractivity contribution < 1.29 is 9.59 Å². The molecule has 2 saturated heterocycles.